The molecule has 1 atom stereocenters. The van der Waals surface area contributed by atoms with Gasteiger partial charge in [0.2, 0.25) is 0 Å². The van der Waals surface area contributed by atoms with Crippen molar-refractivity contribution in [3.63, 3.8) is 0 Å². The fourth-order valence-corrected chi connectivity index (χ4v) is 1.67. The Morgan fingerprint density at radius 3 is 2.82 bits per heavy atom. The Labute approximate surface area is 76.4 Å². The second-order valence-electron chi connectivity index (χ2n) is 2.89. The summed E-state index contributed by atoms with van der Waals surface area (Å²) in [5.41, 5.74) is 0. The quantitative estimate of drug-likeness (QED) is 0.667. The van der Waals surface area contributed by atoms with E-state index in [1.165, 1.54) is 0 Å². The first-order chi connectivity index (χ1) is 5.20. The maximum Gasteiger partial charge on any atom is 0.0939 e. The number of rotatable bonds is 3. The zero-order valence-electron chi connectivity index (χ0n) is 6.75. The van der Waals surface area contributed by atoms with E-state index >= 15 is 0 Å². The van der Waals surface area contributed by atoms with E-state index in [1.807, 2.05) is 11.6 Å². The second-order valence-corrected chi connectivity index (χ2v) is 4.43. The largest absolute Gasteiger partial charge is 0.250 e. The summed E-state index contributed by atoms with van der Waals surface area (Å²) in [6.45, 7) is 4.26. The molecule has 0 aliphatic rings. The Hall–Kier alpha value is -0.0800. The Morgan fingerprint density at radius 1 is 1.64 bits per heavy atom. The molecule has 0 saturated heterocycles. The Bertz CT molecular complexity index is 196. The molecule has 1 unspecified atom stereocenters. The summed E-state index contributed by atoms with van der Waals surface area (Å²) in [6, 6.07) is 0. The minimum absolute atomic E-state index is 0.223. The molecule has 1 aromatic rings. The van der Waals surface area contributed by atoms with E-state index < -0.39 is 0 Å². The molecule has 1 nitrogen and oxygen atoms in total. The summed E-state index contributed by atoms with van der Waals surface area (Å²) >= 11 is 7.75. The molecule has 0 aliphatic carbocycles. The number of nitrogens with zero attached hydrogens (tertiary/aromatic N) is 1. The number of halogens is 1. The zero-order valence-corrected chi connectivity index (χ0v) is 8.32. The summed E-state index contributed by atoms with van der Waals surface area (Å²) in [6.07, 6.45) is 2.72. The molecule has 0 N–H and O–H groups in total. The highest BCUT2D eigenvalue weighted by Crippen LogP contribution is 2.16. The van der Waals surface area contributed by atoms with Gasteiger partial charge in [0.15, 0.2) is 0 Å². The van der Waals surface area contributed by atoms with E-state index in [4.69, 9.17) is 11.6 Å². The van der Waals surface area contributed by atoms with Crippen LogP contribution in [-0.2, 0) is 6.42 Å². The molecule has 62 valence electrons. The van der Waals surface area contributed by atoms with Gasteiger partial charge in [0.05, 0.1) is 5.01 Å². The lowest BCUT2D eigenvalue weighted by Gasteiger charge is -2.10. The number of hydrogen-bond acceptors (Lipinski definition) is 2. The van der Waals surface area contributed by atoms with Gasteiger partial charge in [0, 0.05) is 23.4 Å². The predicted octanol–water partition coefficient (Wildman–Crippen LogP) is 2.95. The van der Waals surface area contributed by atoms with Crippen molar-refractivity contribution in [2.45, 2.75) is 25.6 Å². The van der Waals surface area contributed by atoms with Gasteiger partial charge in [-0.25, -0.2) is 4.98 Å². The van der Waals surface area contributed by atoms with Crippen LogP contribution in [0.5, 0.6) is 0 Å². The average molecular weight is 190 g/mol. The van der Waals surface area contributed by atoms with Gasteiger partial charge >= 0.3 is 0 Å². The smallest absolute Gasteiger partial charge is 0.0939 e. The van der Waals surface area contributed by atoms with Crippen molar-refractivity contribution < 1.29 is 0 Å². The van der Waals surface area contributed by atoms with Crippen LogP contribution in [0.4, 0.5) is 0 Å². The molecular formula is C8H12ClNS. The van der Waals surface area contributed by atoms with E-state index in [1.54, 1.807) is 11.3 Å². The Balaban J connectivity index is 2.43. The summed E-state index contributed by atoms with van der Waals surface area (Å²) in [7, 11) is 0. The fraction of sp³-hybridized carbons (Fsp3) is 0.625. The molecule has 0 fully saturated rings. The first-order valence-corrected chi connectivity index (χ1v) is 5.04. The van der Waals surface area contributed by atoms with Crippen LogP contribution < -0.4 is 0 Å². The minimum atomic E-state index is 0.223. The van der Waals surface area contributed by atoms with Crippen molar-refractivity contribution >= 4 is 22.9 Å². The Kier molecular flexibility index (Phi) is 3.34. The van der Waals surface area contributed by atoms with E-state index in [0.29, 0.717) is 5.92 Å². The Morgan fingerprint density at radius 2 is 2.36 bits per heavy atom. The van der Waals surface area contributed by atoms with Crippen LogP contribution in [0.2, 0.25) is 0 Å². The molecule has 0 aromatic carbocycles. The van der Waals surface area contributed by atoms with Crippen molar-refractivity contribution in [3.05, 3.63) is 16.6 Å². The first-order valence-electron chi connectivity index (χ1n) is 3.72. The van der Waals surface area contributed by atoms with Gasteiger partial charge in [-0.2, -0.15) is 0 Å². The highest BCUT2D eigenvalue weighted by atomic mass is 35.5. The van der Waals surface area contributed by atoms with E-state index in [9.17, 15) is 0 Å². The third-order valence-corrected chi connectivity index (χ3v) is 3.04. The molecule has 0 radical (unpaired) electrons. The van der Waals surface area contributed by atoms with Gasteiger partial charge in [-0.15, -0.1) is 22.9 Å². The maximum atomic E-state index is 6.07. The number of aromatic nitrogens is 1. The van der Waals surface area contributed by atoms with Gasteiger partial charge in [-0.1, -0.05) is 13.8 Å². The van der Waals surface area contributed by atoms with E-state index in [-0.39, 0.29) is 5.38 Å². The molecule has 1 rings (SSSR count). The summed E-state index contributed by atoms with van der Waals surface area (Å²) in [4.78, 5) is 4.17. The summed E-state index contributed by atoms with van der Waals surface area (Å²) < 4.78 is 0. The van der Waals surface area contributed by atoms with E-state index in [0.717, 1.165) is 11.4 Å². The third kappa shape index (κ3) is 2.80. The van der Waals surface area contributed by atoms with Crippen molar-refractivity contribution in [1.82, 2.24) is 4.98 Å². The van der Waals surface area contributed by atoms with Crippen LogP contribution in [0.3, 0.4) is 0 Å². The fourth-order valence-electron chi connectivity index (χ4n) is 0.756. The van der Waals surface area contributed by atoms with Crippen molar-refractivity contribution in [1.29, 1.82) is 0 Å². The van der Waals surface area contributed by atoms with Crippen LogP contribution in [0, 0.1) is 5.92 Å². The summed E-state index contributed by atoms with van der Waals surface area (Å²) in [5, 5.41) is 3.35. The van der Waals surface area contributed by atoms with Gasteiger partial charge in [-0.3, -0.25) is 0 Å². The highest BCUT2D eigenvalue weighted by Gasteiger charge is 2.11. The van der Waals surface area contributed by atoms with Gasteiger partial charge in [0.1, 0.15) is 0 Å². The van der Waals surface area contributed by atoms with E-state index in [2.05, 4.69) is 18.8 Å². The zero-order chi connectivity index (χ0) is 8.27. The second kappa shape index (κ2) is 4.07. The average Bonchev–Trinajstić information content (AvgIpc) is 2.39. The highest BCUT2D eigenvalue weighted by molar-refractivity contribution is 7.09. The van der Waals surface area contributed by atoms with Crippen LogP contribution in [0.15, 0.2) is 11.6 Å². The van der Waals surface area contributed by atoms with Crippen LogP contribution in [-0.4, -0.2) is 10.4 Å². The predicted molar refractivity (Wildman–Crippen MR) is 50.3 cm³/mol. The lowest BCUT2D eigenvalue weighted by molar-refractivity contribution is 0.595. The molecule has 0 spiro atoms. The van der Waals surface area contributed by atoms with Gasteiger partial charge in [0.25, 0.3) is 0 Å². The molecule has 1 heterocycles. The topological polar surface area (TPSA) is 12.9 Å². The van der Waals surface area contributed by atoms with Crippen LogP contribution in [0.25, 0.3) is 0 Å². The SMILES string of the molecule is CC(C)C(Cl)Cc1nccs1. The minimum Gasteiger partial charge on any atom is -0.250 e. The van der Waals surface area contributed by atoms with Gasteiger partial charge < -0.3 is 0 Å². The summed E-state index contributed by atoms with van der Waals surface area (Å²) in [5.74, 6) is 0.528. The monoisotopic (exact) mass is 189 g/mol. The number of thiazole rings is 1. The molecule has 0 bridgehead atoms. The molecule has 3 heteroatoms. The van der Waals surface area contributed by atoms with Crippen molar-refractivity contribution in [3.8, 4) is 0 Å². The third-order valence-electron chi connectivity index (χ3n) is 1.58. The lowest BCUT2D eigenvalue weighted by Crippen LogP contribution is -2.10. The standard InChI is InChI=1S/C8H12ClNS/c1-6(2)7(9)5-8-10-3-4-11-8/h3-4,6-7H,5H2,1-2H3. The normalized spacial score (nSPS) is 13.8. The van der Waals surface area contributed by atoms with Gasteiger partial charge in [-0.05, 0) is 5.92 Å². The maximum absolute atomic E-state index is 6.07. The number of alkyl halides is 1. The first kappa shape index (κ1) is 9.01. The molecule has 0 saturated carbocycles. The lowest BCUT2D eigenvalue weighted by atomic mass is 10.1. The molecular weight excluding hydrogens is 178 g/mol. The van der Waals surface area contributed by atoms with Crippen molar-refractivity contribution in [2.75, 3.05) is 0 Å². The number of hydrogen-bond donors (Lipinski definition) is 0. The molecule has 1 aromatic heterocycles. The van der Waals surface area contributed by atoms with Crippen LogP contribution in [0.1, 0.15) is 18.9 Å². The van der Waals surface area contributed by atoms with Crippen LogP contribution >= 0.6 is 22.9 Å². The van der Waals surface area contributed by atoms with Crippen molar-refractivity contribution in [2.24, 2.45) is 5.92 Å². The molecule has 0 amide bonds. The molecule has 0 aliphatic heterocycles. The molecule has 11 heavy (non-hydrogen) atoms.